The van der Waals surface area contributed by atoms with Gasteiger partial charge >= 0.3 is 0 Å². The molecule has 0 fully saturated rings. The second kappa shape index (κ2) is 4.72. The molecule has 108 valence electrons. The number of rotatable bonds is 2. The van der Waals surface area contributed by atoms with E-state index in [0.717, 1.165) is 0 Å². The molecule has 0 bridgehead atoms. The van der Waals surface area contributed by atoms with Crippen LogP contribution in [-0.2, 0) is 0 Å². The molecule has 0 N–H and O–H groups in total. The highest BCUT2D eigenvalue weighted by atomic mass is 14.9. The molecule has 2 aromatic carbocycles. The lowest BCUT2D eigenvalue weighted by Crippen LogP contribution is -1.81. The predicted octanol–water partition coefficient (Wildman–Crippen LogP) is 5.86. The van der Waals surface area contributed by atoms with Crippen LogP contribution in [0.5, 0.6) is 0 Å². The van der Waals surface area contributed by atoms with Crippen LogP contribution in [-0.4, -0.2) is 4.40 Å². The van der Waals surface area contributed by atoms with Gasteiger partial charge in [-0.2, -0.15) is 0 Å². The molecule has 0 amide bonds. The first-order valence-electron chi connectivity index (χ1n) is 7.89. The normalized spacial score (nSPS) is 11.5. The van der Waals surface area contributed by atoms with Crippen LogP contribution in [0.2, 0.25) is 0 Å². The molecule has 3 aromatic heterocycles. The lowest BCUT2D eigenvalue weighted by Gasteiger charge is -2.00. The van der Waals surface area contributed by atoms with Crippen molar-refractivity contribution in [2.45, 2.75) is 0 Å². The van der Waals surface area contributed by atoms with Crippen molar-refractivity contribution in [1.82, 2.24) is 4.40 Å². The molecule has 5 rings (SSSR count). The number of hydrogen-bond donors (Lipinski definition) is 0. The molecule has 23 heavy (non-hydrogen) atoms. The molecule has 0 radical (unpaired) electrons. The number of aromatic nitrogens is 1. The van der Waals surface area contributed by atoms with Gasteiger partial charge in [0.1, 0.15) is 0 Å². The minimum Gasteiger partial charge on any atom is -0.309 e. The molecule has 0 saturated carbocycles. The number of pyridine rings is 1. The van der Waals surface area contributed by atoms with Crippen molar-refractivity contribution < 1.29 is 0 Å². The third-order valence-corrected chi connectivity index (χ3v) is 4.56. The smallest absolute Gasteiger partial charge is 0.0548 e. The van der Waals surface area contributed by atoms with Gasteiger partial charge in [-0.25, -0.2) is 0 Å². The van der Waals surface area contributed by atoms with Crippen LogP contribution in [0.4, 0.5) is 0 Å². The van der Waals surface area contributed by atoms with E-state index in [4.69, 9.17) is 0 Å². The monoisotopic (exact) mass is 293 g/mol. The molecule has 0 spiro atoms. The van der Waals surface area contributed by atoms with Crippen LogP contribution in [0.3, 0.4) is 0 Å². The number of hydrogen-bond acceptors (Lipinski definition) is 0. The topological polar surface area (TPSA) is 4.41 Å². The van der Waals surface area contributed by atoms with E-state index in [-0.39, 0.29) is 0 Å². The molecular weight excluding hydrogens is 278 g/mol. The summed E-state index contributed by atoms with van der Waals surface area (Å²) in [5.41, 5.74) is 8.92. The van der Waals surface area contributed by atoms with Crippen molar-refractivity contribution in [1.29, 1.82) is 0 Å². The summed E-state index contributed by atoms with van der Waals surface area (Å²) in [6.45, 7) is 0. The second-order valence-electron chi connectivity index (χ2n) is 5.90. The van der Waals surface area contributed by atoms with Gasteiger partial charge in [-0.15, -0.1) is 0 Å². The SMILES string of the molecule is c1ccc(-c2cc3c(-c4ccccc4)cc4cccc2n43)cc1. The van der Waals surface area contributed by atoms with Crippen LogP contribution in [0.15, 0.2) is 91.0 Å². The standard InChI is InChI=1S/C22H15N/c1-3-8-16(9-4-1)19-14-18-12-7-13-21-20(15-22(19)23(18)21)17-10-5-2-6-11-17/h1-15H. The Labute approximate surface area is 134 Å². The molecular formula is C22H15N. The van der Waals surface area contributed by atoms with E-state index in [2.05, 4.69) is 95.4 Å². The van der Waals surface area contributed by atoms with E-state index >= 15 is 0 Å². The zero-order chi connectivity index (χ0) is 15.2. The van der Waals surface area contributed by atoms with Gasteiger partial charge in [0.15, 0.2) is 0 Å². The van der Waals surface area contributed by atoms with Gasteiger partial charge < -0.3 is 4.40 Å². The Morgan fingerprint density at radius 2 is 1.09 bits per heavy atom. The van der Waals surface area contributed by atoms with E-state index in [0.29, 0.717) is 0 Å². The highest BCUT2D eigenvalue weighted by Gasteiger charge is 2.15. The third kappa shape index (κ3) is 1.80. The Hall–Kier alpha value is -3.06. The Morgan fingerprint density at radius 1 is 0.478 bits per heavy atom. The molecule has 1 heteroatoms. The maximum absolute atomic E-state index is 2.37. The van der Waals surface area contributed by atoms with Gasteiger partial charge in [0.05, 0.1) is 11.0 Å². The first-order valence-corrected chi connectivity index (χ1v) is 7.89. The largest absolute Gasteiger partial charge is 0.309 e. The average molecular weight is 293 g/mol. The zero-order valence-electron chi connectivity index (χ0n) is 12.6. The fraction of sp³-hybridized carbons (Fsp3) is 0. The summed E-state index contributed by atoms with van der Waals surface area (Å²) in [6, 6.07) is 32.4. The number of benzene rings is 2. The lowest BCUT2D eigenvalue weighted by molar-refractivity contribution is 1.35. The quantitative estimate of drug-likeness (QED) is 0.384. The van der Waals surface area contributed by atoms with E-state index in [9.17, 15) is 0 Å². The van der Waals surface area contributed by atoms with E-state index in [1.807, 2.05) is 0 Å². The van der Waals surface area contributed by atoms with Crippen molar-refractivity contribution in [3.05, 3.63) is 91.0 Å². The maximum atomic E-state index is 2.37. The van der Waals surface area contributed by atoms with Crippen LogP contribution >= 0.6 is 0 Å². The van der Waals surface area contributed by atoms with Crippen LogP contribution in [0, 0.1) is 0 Å². The third-order valence-electron chi connectivity index (χ3n) is 4.56. The summed E-state index contributed by atoms with van der Waals surface area (Å²) in [6.07, 6.45) is 0. The maximum Gasteiger partial charge on any atom is 0.0548 e. The fourth-order valence-electron chi connectivity index (χ4n) is 3.51. The molecule has 0 unspecified atom stereocenters. The minimum atomic E-state index is 1.25. The van der Waals surface area contributed by atoms with Crippen LogP contribution in [0.25, 0.3) is 38.8 Å². The number of nitrogens with zero attached hydrogens (tertiary/aromatic N) is 1. The van der Waals surface area contributed by atoms with Crippen molar-refractivity contribution in [3.8, 4) is 22.3 Å². The van der Waals surface area contributed by atoms with Gasteiger partial charge in [0, 0.05) is 16.6 Å². The molecule has 1 nitrogen and oxygen atoms in total. The lowest BCUT2D eigenvalue weighted by atomic mass is 10.0. The second-order valence-corrected chi connectivity index (χ2v) is 5.90. The van der Waals surface area contributed by atoms with Crippen LogP contribution in [0.1, 0.15) is 0 Å². The van der Waals surface area contributed by atoms with Crippen molar-refractivity contribution in [2.75, 3.05) is 0 Å². The Bertz CT molecular complexity index is 1050. The molecule has 0 aliphatic carbocycles. The summed E-state index contributed by atoms with van der Waals surface area (Å²) in [5.74, 6) is 0. The Kier molecular flexibility index (Phi) is 2.56. The Morgan fingerprint density at radius 3 is 1.74 bits per heavy atom. The highest BCUT2D eigenvalue weighted by Crippen LogP contribution is 2.37. The predicted molar refractivity (Wildman–Crippen MR) is 97.0 cm³/mol. The van der Waals surface area contributed by atoms with E-state index in [1.165, 1.54) is 38.8 Å². The molecule has 0 aliphatic heterocycles. The molecule has 5 aromatic rings. The minimum absolute atomic E-state index is 1.25. The van der Waals surface area contributed by atoms with Gasteiger partial charge in [-0.1, -0.05) is 66.7 Å². The van der Waals surface area contributed by atoms with E-state index < -0.39 is 0 Å². The summed E-state index contributed by atoms with van der Waals surface area (Å²) in [7, 11) is 0. The average Bonchev–Trinajstić information content (AvgIpc) is 3.19. The summed E-state index contributed by atoms with van der Waals surface area (Å²) in [4.78, 5) is 0. The summed E-state index contributed by atoms with van der Waals surface area (Å²) < 4.78 is 2.37. The van der Waals surface area contributed by atoms with Gasteiger partial charge in [0.25, 0.3) is 0 Å². The first kappa shape index (κ1) is 12.5. The van der Waals surface area contributed by atoms with Gasteiger partial charge in [-0.05, 0) is 35.4 Å². The summed E-state index contributed by atoms with van der Waals surface area (Å²) in [5, 5.41) is 0. The fourth-order valence-corrected chi connectivity index (χ4v) is 3.51. The van der Waals surface area contributed by atoms with Gasteiger partial charge in [0.2, 0.25) is 0 Å². The zero-order valence-corrected chi connectivity index (χ0v) is 12.6. The van der Waals surface area contributed by atoms with E-state index in [1.54, 1.807) is 0 Å². The molecule has 0 saturated heterocycles. The molecule has 0 aliphatic rings. The van der Waals surface area contributed by atoms with Gasteiger partial charge in [-0.3, -0.25) is 0 Å². The van der Waals surface area contributed by atoms with Crippen molar-refractivity contribution in [2.24, 2.45) is 0 Å². The highest BCUT2D eigenvalue weighted by molar-refractivity contribution is 5.98. The first-order chi connectivity index (χ1) is 11.4. The van der Waals surface area contributed by atoms with Crippen LogP contribution < -0.4 is 0 Å². The van der Waals surface area contributed by atoms with Crippen molar-refractivity contribution >= 4 is 16.6 Å². The Balaban J connectivity index is 1.87. The molecule has 0 atom stereocenters. The molecule has 3 heterocycles. The van der Waals surface area contributed by atoms with Crippen molar-refractivity contribution in [3.63, 3.8) is 0 Å². The summed E-state index contributed by atoms with van der Waals surface area (Å²) >= 11 is 0.